The highest BCUT2D eigenvalue weighted by atomic mass is 16.3. The fourth-order valence-electron chi connectivity index (χ4n) is 2.80. The Kier molecular flexibility index (Phi) is 4.61. The maximum absolute atomic E-state index is 12.3. The molecule has 0 aromatic carbocycles. The largest absolute Gasteiger partial charge is 0.393 e. The van der Waals surface area contributed by atoms with Crippen molar-refractivity contribution in [3.63, 3.8) is 0 Å². The van der Waals surface area contributed by atoms with E-state index in [2.05, 4.69) is 25.8 Å². The first-order valence-electron chi connectivity index (χ1n) is 7.74. The summed E-state index contributed by atoms with van der Waals surface area (Å²) in [5.41, 5.74) is 0.830. The fourth-order valence-corrected chi connectivity index (χ4v) is 2.80. The van der Waals surface area contributed by atoms with Crippen molar-refractivity contribution in [3.8, 4) is 0 Å². The molecule has 0 spiro atoms. The predicted molar refractivity (Wildman–Crippen MR) is 81.0 cm³/mol. The predicted octanol–water partition coefficient (Wildman–Crippen LogP) is 0.395. The van der Waals surface area contributed by atoms with Gasteiger partial charge < -0.3 is 10.4 Å². The summed E-state index contributed by atoms with van der Waals surface area (Å²) in [5, 5.41) is 23.8. The van der Waals surface area contributed by atoms with Gasteiger partial charge in [-0.05, 0) is 48.2 Å². The highest BCUT2D eigenvalue weighted by Gasteiger charge is 2.36. The second-order valence-electron chi connectivity index (χ2n) is 5.88. The third-order valence-electron chi connectivity index (χ3n) is 4.21. The molecule has 8 heteroatoms. The molecule has 1 saturated carbocycles. The molecule has 122 valence electrons. The second kappa shape index (κ2) is 6.82. The fraction of sp³-hybridized carbons (Fsp3) is 0.533. The van der Waals surface area contributed by atoms with Crippen molar-refractivity contribution < 1.29 is 9.90 Å². The Balaban J connectivity index is 1.61. The number of rotatable bonds is 6. The quantitative estimate of drug-likeness (QED) is 0.799. The van der Waals surface area contributed by atoms with E-state index in [-0.39, 0.29) is 24.0 Å². The van der Waals surface area contributed by atoms with Crippen LogP contribution in [0.1, 0.15) is 36.8 Å². The molecule has 1 atom stereocenters. The maximum Gasteiger partial charge on any atom is 0.222 e. The molecule has 0 radical (unpaired) electrons. The summed E-state index contributed by atoms with van der Waals surface area (Å²) in [5.74, 6) is 0.830. The van der Waals surface area contributed by atoms with Crippen molar-refractivity contribution >= 4 is 5.91 Å². The molecular weight excluding hydrogens is 296 g/mol. The summed E-state index contributed by atoms with van der Waals surface area (Å²) in [7, 11) is 0. The van der Waals surface area contributed by atoms with Gasteiger partial charge in [-0.25, -0.2) is 4.68 Å². The van der Waals surface area contributed by atoms with Crippen LogP contribution in [0, 0.1) is 12.8 Å². The lowest BCUT2D eigenvalue weighted by Crippen LogP contribution is -2.42. The van der Waals surface area contributed by atoms with E-state index >= 15 is 0 Å². The van der Waals surface area contributed by atoms with Crippen LogP contribution in [0.5, 0.6) is 0 Å². The normalized spacial score (nSPS) is 21.5. The number of hydrogen-bond donors (Lipinski definition) is 2. The Hall–Kier alpha value is -2.35. The van der Waals surface area contributed by atoms with Crippen LogP contribution in [-0.2, 0) is 11.3 Å². The van der Waals surface area contributed by atoms with E-state index in [0.29, 0.717) is 31.6 Å². The lowest BCUT2D eigenvalue weighted by Gasteiger charge is -2.37. The van der Waals surface area contributed by atoms with Gasteiger partial charge >= 0.3 is 0 Å². The first kappa shape index (κ1) is 15.5. The molecule has 2 N–H and O–H groups in total. The number of hydrogen-bond acceptors (Lipinski definition) is 6. The highest BCUT2D eigenvalue weighted by molar-refractivity contribution is 5.76. The number of pyridine rings is 1. The highest BCUT2D eigenvalue weighted by Crippen LogP contribution is 2.37. The monoisotopic (exact) mass is 316 g/mol. The molecule has 2 heterocycles. The molecule has 2 aromatic rings. The third-order valence-corrected chi connectivity index (χ3v) is 4.21. The topological polar surface area (TPSA) is 106 Å². The van der Waals surface area contributed by atoms with Gasteiger partial charge in [-0.2, -0.15) is 0 Å². The molecule has 0 aliphatic heterocycles. The van der Waals surface area contributed by atoms with E-state index in [1.54, 1.807) is 17.8 Å². The number of aromatic nitrogens is 5. The molecule has 0 bridgehead atoms. The van der Waals surface area contributed by atoms with E-state index < -0.39 is 0 Å². The zero-order valence-corrected chi connectivity index (χ0v) is 13.0. The summed E-state index contributed by atoms with van der Waals surface area (Å²) >= 11 is 0. The number of carbonyl (C=O) groups is 1. The van der Waals surface area contributed by atoms with Crippen LogP contribution < -0.4 is 5.32 Å². The van der Waals surface area contributed by atoms with Crippen molar-refractivity contribution in [2.24, 2.45) is 5.92 Å². The first-order valence-corrected chi connectivity index (χ1v) is 7.74. The van der Waals surface area contributed by atoms with Crippen molar-refractivity contribution in [3.05, 3.63) is 35.9 Å². The van der Waals surface area contributed by atoms with Gasteiger partial charge in [0.1, 0.15) is 5.82 Å². The van der Waals surface area contributed by atoms with E-state index in [4.69, 9.17) is 0 Å². The molecule has 1 aliphatic carbocycles. The molecule has 23 heavy (non-hydrogen) atoms. The molecule has 3 rings (SSSR count). The Labute approximate surface area is 133 Å². The van der Waals surface area contributed by atoms with E-state index in [9.17, 15) is 9.90 Å². The average molecular weight is 316 g/mol. The Bertz CT molecular complexity index is 653. The SMILES string of the molecule is Cc1nnnn1CCC(=O)N[C@@H](c1ccccn1)C1CC(O)C1. The molecule has 2 aromatic heterocycles. The number of aliphatic hydroxyl groups excluding tert-OH is 1. The third kappa shape index (κ3) is 3.70. The van der Waals surface area contributed by atoms with Gasteiger partial charge in [0.15, 0.2) is 0 Å². The number of tetrazole rings is 1. The molecule has 1 aliphatic rings. The Morgan fingerprint density at radius 2 is 2.30 bits per heavy atom. The van der Waals surface area contributed by atoms with Crippen LogP contribution in [-0.4, -0.2) is 42.3 Å². The summed E-state index contributed by atoms with van der Waals surface area (Å²) in [6.07, 6.45) is 3.12. The van der Waals surface area contributed by atoms with Gasteiger partial charge in [-0.3, -0.25) is 9.78 Å². The number of amides is 1. The van der Waals surface area contributed by atoms with Gasteiger partial charge in [0.25, 0.3) is 0 Å². The van der Waals surface area contributed by atoms with Crippen LogP contribution in [0.4, 0.5) is 0 Å². The minimum Gasteiger partial charge on any atom is -0.393 e. The zero-order valence-electron chi connectivity index (χ0n) is 13.0. The van der Waals surface area contributed by atoms with Crippen LogP contribution in [0.3, 0.4) is 0 Å². The number of nitrogens with one attached hydrogen (secondary N) is 1. The molecule has 1 fully saturated rings. The number of aliphatic hydroxyl groups is 1. The molecule has 1 amide bonds. The summed E-state index contributed by atoms with van der Waals surface area (Å²) in [6, 6.07) is 5.49. The van der Waals surface area contributed by atoms with Crippen LogP contribution in [0.25, 0.3) is 0 Å². The Morgan fingerprint density at radius 3 is 2.91 bits per heavy atom. The van der Waals surface area contributed by atoms with Gasteiger partial charge in [0.05, 0.1) is 24.4 Å². The smallest absolute Gasteiger partial charge is 0.222 e. The average Bonchev–Trinajstić information content (AvgIpc) is 2.94. The molecule has 0 saturated heterocycles. The first-order chi connectivity index (χ1) is 11.1. The minimum absolute atomic E-state index is 0.0723. The van der Waals surface area contributed by atoms with Crippen LogP contribution >= 0.6 is 0 Å². The lowest BCUT2D eigenvalue weighted by molar-refractivity contribution is -0.123. The van der Waals surface area contributed by atoms with Crippen LogP contribution in [0.15, 0.2) is 24.4 Å². The van der Waals surface area contributed by atoms with Crippen molar-refractivity contribution in [2.75, 3.05) is 0 Å². The molecular formula is C15H20N6O2. The van der Waals surface area contributed by atoms with Gasteiger partial charge in [-0.15, -0.1) is 5.10 Å². The summed E-state index contributed by atoms with van der Waals surface area (Å²) in [4.78, 5) is 16.6. The summed E-state index contributed by atoms with van der Waals surface area (Å²) < 4.78 is 1.60. The zero-order chi connectivity index (χ0) is 16.2. The van der Waals surface area contributed by atoms with Crippen molar-refractivity contribution in [1.82, 2.24) is 30.5 Å². The standard InChI is InChI=1S/C15H20N6O2/c1-10-18-19-20-21(10)7-5-14(23)17-15(11-8-12(22)9-11)13-4-2-3-6-16-13/h2-4,6,11-12,15,22H,5,7-9H2,1H3,(H,17,23)/t11?,12?,15-/m1/s1. The minimum atomic E-state index is -0.271. The van der Waals surface area contributed by atoms with Crippen molar-refractivity contribution in [1.29, 1.82) is 0 Å². The number of nitrogens with zero attached hydrogens (tertiary/aromatic N) is 5. The van der Waals surface area contributed by atoms with Gasteiger partial charge in [-0.1, -0.05) is 6.07 Å². The molecule has 0 unspecified atom stereocenters. The van der Waals surface area contributed by atoms with Crippen molar-refractivity contribution in [2.45, 2.75) is 44.9 Å². The Morgan fingerprint density at radius 1 is 1.48 bits per heavy atom. The maximum atomic E-state index is 12.3. The number of carbonyl (C=O) groups excluding carboxylic acids is 1. The van der Waals surface area contributed by atoms with Crippen LogP contribution in [0.2, 0.25) is 0 Å². The molecule has 8 nitrogen and oxygen atoms in total. The number of aryl methyl sites for hydroxylation is 2. The van der Waals surface area contributed by atoms with E-state index in [0.717, 1.165) is 5.69 Å². The second-order valence-corrected chi connectivity index (χ2v) is 5.88. The summed E-state index contributed by atoms with van der Waals surface area (Å²) in [6.45, 7) is 2.23. The van der Waals surface area contributed by atoms with Gasteiger partial charge in [0, 0.05) is 12.6 Å². The van der Waals surface area contributed by atoms with E-state index in [1.165, 1.54) is 0 Å². The van der Waals surface area contributed by atoms with E-state index in [1.807, 2.05) is 18.2 Å². The van der Waals surface area contributed by atoms with Gasteiger partial charge in [0.2, 0.25) is 5.91 Å². The lowest BCUT2D eigenvalue weighted by atomic mass is 9.76.